The minimum atomic E-state index is -0.915. The van der Waals surface area contributed by atoms with Gasteiger partial charge in [0.2, 0.25) is 5.91 Å². The molecule has 1 aliphatic rings. The largest absolute Gasteiger partial charge is 0.444 e. The monoisotopic (exact) mass is 569 g/mol. The molecule has 1 aliphatic carbocycles. The number of carbonyl (C=O) groups is 3. The zero-order valence-corrected chi connectivity index (χ0v) is 25.8. The first kappa shape index (κ1) is 31.5. The lowest BCUT2D eigenvalue weighted by molar-refractivity contribution is -0.147. The van der Waals surface area contributed by atoms with Crippen LogP contribution in [0.5, 0.6) is 0 Å². The van der Waals surface area contributed by atoms with E-state index in [1.165, 1.54) is 0 Å². The highest BCUT2D eigenvalue weighted by Gasteiger charge is 2.44. The maximum absolute atomic E-state index is 14.6. The Bertz CT molecular complexity index is 1190. The molecule has 0 radical (unpaired) electrons. The first-order chi connectivity index (χ1) is 18.7. The van der Waals surface area contributed by atoms with Gasteiger partial charge in [0.25, 0.3) is 5.91 Å². The highest BCUT2D eigenvalue weighted by Crippen LogP contribution is 2.38. The first-order valence-corrected chi connectivity index (χ1v) is 14.6. The third kappa shape index (κ3) is 7.36. The van der Waals surface area contributed by atoms with Crippen molar-refractivity contribution in [3.63, 3.8) is 0 Å². The molecule has 0 saturated heterocycles. The summed E-state index contributed by atoms with van der Waals surface area (Å²) in [5.41, 5.74) is 3.24. The van der Waals surface area contributed by atoms with Crippen LogP contribution in [0.15, 0.2) is 36.4 Å². The summed E-state index contributed by atoms with van der Waals surface area (Å²) >= 11 is 6.49. The summed E-state index contributed by atoms with van der Waals surface area (Å²) in [6.07, 6.45) is 2.53. The van der Waals surface area contributed by atoms with Crippen LogP contribution >= 0.6 is 11.6 Å². The van der Waals surface area contributed by atoms with Crippen LogP contribution in [0.3, 0.4) is 0 Å². The van der Waals surface area contributed by atoms with Gasteiger partial charge >= 0.3 is 6.09 Å². The number of carbonyl (C=O) groups excluding carboxylic acids is 3. The van der Waals surface area contributed by atoms with E-state index in [1.807, 2.05) is 65.0 Å². The highest BCUT2D eigenvalue weighted by atomic mass is 35.5. The first-order valence-electron chi connectivity index (χ1n) is 14.2. The molecule has 2 aromatic rings. The maximum Gasteiger partial charge on any atom is 0.408 e. The van der Waals surface area contributed by atoms with Crippen molar-refractivity contribution >= 4 is 35.2 Å². The van der Waals surface area contributed by atoms with Gasteiger partial charge in [-0.15, -0.1) is 0 Å². The molecule has 3 amide bonds. The number of ether oxygens (including phenoxy) is 1. The molecule has 2 N–H and O–H groups in total. The molecule has 0 aromatic heterocycles. The van der Waals surface area contributed by atoms with Gasteiger partial charge < -0.3 is 20.3 Å². The Morgan fingerprint density at radius 1 is 1.02 bits per heavy atom. The molecule has 1 saturated carbocycles. The van der Waals surface area contributed by atoms with E-state index in [0.717, 1.165) is 41.5 Å². The van der Waals surface area contributed by atoms with Crippen LogP contribution < -0.4 is 10.6 Å². The van der Waals surface area contributed by atoms with Crippen molar-refractivity contribution in [2.75, 3.05) is 5.32 Å². The van der Waals surface area contributed by atoms with E-state index in [4.69, 9.17) is 16.3 Å². The van der Waals surface area contributed by atoms with Crippen molar-refractivity contribution in [1.29, 1.82) is 0 Å². The minimum Gasteiger partial charge on any atom is -0.444 e. The lowest BCUT2D eigenvalue weighted by atomic mass is 9.85. The van der Waals surface area contributed by atoms with Gasteiger partial charge in [-0.2, -0.15) is 0 Å². The molecule has 40 heavy (non-hydrogen) atoms. The van der Waals surface area contributed by atoms with Crippen LogP contribution in [0.2, 0.25) is 5.02 Å². The summed E-state index contributed by atoms with van der Waals surface area (Å²) in [5.74, 6) is -0.812. The molecule has 3 atom stereocenters. The molecule has 7 nitrogen and oxygen atoms in total. The van der Waals surface area contributed by atoms with Crippen molar-refractivity contribution in [2.45, 2.75) is 105 Å². The van der Waals surface area contributed by atoms with Gasteiger partial charge in [0.05, 0.1) is 10.7 Å². The van der Waals surface area contributed by atoms with Gasteiger partial charge in [-0.1, -0.05) is 62.2 Å². The summed E-state index contributed by atoms with van der Waals surface area (Å²) in [4.78, 5) is 43.5. The molecule has 218 valence electrons. The molecule has 0 aliphatic heterocycles. The number of hydrogen-bond acceptors (Lipinski definition) is 4. The normalized spacial score (nSPS) is 15.8. The number of halogens is 1. The Balaban J connectivity index is 2.13. The van der Waals surface area contributed by atoms with Crippen LogP contribution in [-0.4, -0.2) is 40.5 Å². The Labute approximate surface area is 244 Å². The predicted molar refractivity (Wildman–Crippen MR) is 161 cm³/mol. The maximum atomic E-state index is 14.6. The average Bonchev–Trinajstić information content (AvgIpc) is 2.83. The van der Waals surface area contributed by atoms with Crippen LogP contribution in [0.1, 0.15) is 88.6 Å². The zero-order chi connectivity index (χ0) is 29.8. The smallest absolute Gasteiger partial charge is 0.408 e. The number of rotatable bonds is 9. The number of aryl methyl sites for hydroxylation is 3. The number of hydrogen-bond donors (Lipinski definition) is 2. The van der Waals surface area contributed by atoms with E-state index in [-0.39, 0.29) is 23.8 Å². The Morgan fingerprint density at radius 3 is 2.10 bits per heavy atom. The van der Waals surface area contributed by atoms with Gasteiger partial charge in [0.1, 0.15) is 17.7 Å². The van der Waals surface area contributed by atoms with Crippen LogP contribution in [-0.2, 0) is 14.3 Å². The van der Waals surface area contributed by atoms with Gasteiger partial charge in [0.15, 0.2) is 0 Å². The molecule has 2 aromatic carbocycles. The summed E-state index contributed by atoms with van der Waals surface area (Å²) < 4.78 is 5.51. The van der Waals surface area contributed by atoms with Crippen LogP contribution in [0, 0.1) is 26.7 Å². The van der Waals surface area contributed by atoms with E-state index >= 15 is 0 Å². The molecular weight excluding hydrogens is 526 g/mol. The minimum absolute atomic E-state index is 0.137. The molecule has 0 heterocycles. The molecule has 8 heteroatoms. The van der Waals surface area contributed by atoms with Crippen molar-refractivity contribution in [3.8, 4) is 0 Å². The Kier molecular flexibility index (Phi) is 10.3. The number of alkyl carbamates (subject to hydrolysis) is 1. The fraction of sp³-hybridized carbons (Fsp3) is 0.531. The molecule has 3 unspecified atom stereocenters. The lowest BCUT2D eigenvalue weighted by Gasteiger charge is -2.45. The second kappa shape index (κ2) is 13.1. The van der Waals surface area contributed by atoms with Crippen LogP contribution in [0.4, 0.5) is 10.5 Å². The van der Waals surface area contributed by atoms with E-state index in [9.17, 15) is 14.4 Å². The van der Waals surface area contributed by atoms with Gasteiger partial charge in [-0.3, -0.25) is 9.59 Å². The van der Waals surface area contributed by atoms with E-state index in [0.29, 0.717) is 17.1 Å². The second-order valence-electron chi connectivity index (χ2n) is 12.0. The van der Waals surface area contributed by atoms with Gasteiger partial charge in [-0.25, -0.2) is 4.79 Å². The van der Waals surface area contributed by atoms with Gasteiger partial charge in [0, 0.05) is 6.04 Å². The third-order valence-corrected chi connectivity index (χ3v) is 8.00. The number of benzene rings is 2. The summed E-state index contributed by atoms with van der Waals surface area (Å²) in [6.45, 7) is 15.1. The molecule has 0 spiro atoms. The second-order valence-corrected chi connectivity index (χ2v) is 12.4. The van der Waals surface area contributed by atoms with Crippen molar-refractivity contribution in [2.24, 2.45) is 5.92 Å². The zero-order valence-electron chi connectivity index (χ0n) is 25.1. The van der Waals surface area contributed by atoms with Crippen molar-refractivity contribution in [3.05, 3.63) is 63.7 Å². The number of para-hydroxylation sites is 1. The molecular formula is C32H44ClN3O4. The quantitative estimate of drug-likeness (QED) is 0.332. The van der Waals surface area contributed by atoms with Crippen molar-refractivity contribution in [1.82, 2.24) is 10.2 Å². The van der Waals surface area contributed by atoms with Crippen LogP contribution in [0.25, 0.3) is 0 Å². The van der Waals surface area contributed by atoms with E-state index in [1.54, 1.807) is 31.7 Å². The van der Waals surface area contributed by atoms with Gasteiger partial charge in [-0.05, 0) is 95.0 Å². The number of nitrogens with zero attached hydrogens (tertiary/aromatic N) is 1. The lowest BCUT2D eigenvalue weighted by Crippen LogP contribution is -2.58. The number of nitrogens with one attached hydrogen (secondary N) is 2. The topological polar surface area (TPSA) is 87.7 Å². The highest BCUT2D eigenvalue weighted by molar-refractivity contribution is 6.34. The molecule has 3 rings (SSSR count). The fourth-order valence-electron chi connectivity index (χ4n) is 5.10. The molecule has 0 bridgehead atoms. The predicted octanol–water partition coefficient (Wildman–Crippen LogP) is 7.27. The summed E-state index contributed by atoms with van der Waals surface area (Å²) in [7, 11) is 0. The standard InChI is InChI=1S/C32H44ClN3O4/c1-9-19(2)27(35-31(39)40-32(6,7)8)30(38)36(23-16-12-17-23)28(25-20(3)13-10-14-21(25)4)29(37)34-26-22(5)15-11-18-24(26)33/h10-11,13-15,18-19,23,27-28H,9,12,16-17H2,1-8H3,(H,34,37)(H,35,39). The Morgan fingerprint density at radius 2 is 1.60 bits per heavy atom. The third-order valence-electron chi connectivity index (χ3n) is 7.69. The number of anilines is 1. The van der Waals surface area contributed by atoms with E-state index in [2.05, 4.69) is 10.6 Å². The summed E-state index contributed by atoms with van der Waals surface area (Å²) in [6, 6.07) is 9.40. The Hall–Kier alpha value is -3.06. The molecule has 1 fully saturated rings. The number of amides is 3. The van der Waals surface area contributed by atoms with Crippen molar-refractivity contribution < 1.29 is 19.1 Å². The van der Waals surface area contributed by atoms with E-state index < -0.39 is 23.8 Å². The average molecular weight is 570 g/mol. The SMILES string of the molecule is CCC(C)C(NC(=O)OC(C)(C)C)C(=O)N(C1CCC1)C(C(=O)Nc1c(C)cccc1Cl)c1c(C)cccc1C. The summed E-state index contributed by atoms with van der Waals surface area (Å²) in [5, 5.41) is 6.32. The fourth-order valence-corrected chi connectivity index (χ4v) is 5.37.